The summed E-state index contributed by atoms with van der Waals surface area (Å²) in [6, 6.07) is 9.38. The maximum atomic E-state index is 13.0. The fraction of sp³-hybridized carbons (Fsp3) is 0.421. The molecule has 2 atom stereocenters. The van der Waals surface area contributed by atoms with Gasteiger partial charge in [0.1, 0.15) is 0 Å². The fourth-order valence-electron chi connectivity index (χ4n) is 3.39. The number of rotatable bonds is 6. The van der Waals surface area contributed by atoms with Crippen LogP contribution in [0.1, 0.15) is 41.3 Å². The fourth-order valence-corrected chi connectivity index (χ4v) is 3.39. The summed E-state index contributed by atoms with van der Waals surface area (Å²) in [5, 5.41) is 4.04. The summed E-state index contributed by atoms with van der Waals surface area (Å²) in [6.45, 7) is 0.663. The molecular weight excluding hydrogens is 318 g/mol. The molecule has 1 aromatic carbocycles. The lowest BCUT2D eigenvalue weighted by molar-refractivity contribution is -0.143. The van der Waals surface area contributed by atoms with Crippen molar-refractivity contribution in [2.45, 2.75) is 31.4 Å². The summed E-state index contributed by atoms with van der Waals surface area (Å²) in [5.41, 5.74) is 1.42. The first kappa shape index (κ1) is 17.4. The maximum Gasteiger partial charge on any atom is 0.256 e. The molecule has 6 heteroatoms. The monoisotopic (exact) mass is 341 g/mol. The molecule has 1 aliphatic rings. The number of amides is 1. The van der Waals surface area contributed by atoms with Crippen LogP contribution in [0.4, 0.5) is 0 Å². The number of carbonyl (C=O) groups is 2. The number of benzene rings is 1. The second kappa shape index (κ2) is 7.61. The number of nitrogens with zero attached hydrogens (tertiary/aromatic N) is 3. The molecular formula is C19H23N3O3. The van der Waals surface area contributed by atoms with Gasteiger partial charge in [0.25, 0.3) is 5.91 Å². The molecule has 0 unspecified atom stereocenters. The molecule has 1 fully saturated rings. The molecule has 0 bridgehead atoms. The SMILES string of the molecule is CO[C@@H](C(=O)N1CCC[C@@H]1CC(=O)c1cnn(C)c1)c1ccccc1. The van der Waals surface area contributed by atoms with Gasteiger partial charge in [-0.2, -0.15) is 5.10 Å². The second-order valence-corrected chi connectivity index (χ2v) is 6.38. The van der Waals surface area contributed by atoms with Crippen molar-refractivity contribution in [1.29, 1.82) is 0 Å². The Bertz CT molecular complexity index is 741. The van der Waals surface area contributed by atoms with E-state index >= 15 is 0 Å². The largest absolute Gasteiger partial charge is 0.367 e. The first-order valence-electron chi connectivity index (χ1n) is 8.50. The zero-order valence-electron chi connectivity index (χ0n) is 14.6. The van der Waals surface area contributed by atoms with Crippen LogP contribution in [0.5, 0.6) is 0 Å². The third-order valence-corrected chi connectivity index (χ3v) is 4.67. The predicted molar refractivity (Wildman–Crippen MR) is 93.1 cm³/mol. The number of ether oxygens (including phenoxy) is 1. The number of Topliss-reactive ketones (excluding diaryl/α,β-unsaturated/α-hetero) is 1. The summed E-state index contributed by atoms with van der Waals surface area (Å²) in [7, 11) is 3.33. The molecule has 1 aliphatic heterocycles. The Labute approximate surface area is 147 Å². The second-order valence-electron chi connectivity index (χ2n) is 6.38. The highest BCUT2D eigenvalue weighted by atomic mass is 16.5. The van der Waals surface area contributed by atoms with Crippen LogP contribution in [0.25, 0.3) is 0 Å². The minimum atomic E-state index is -0.629. The third-order valence-electron chi connectivity index (χ3n) is 4.67. The van der Waals surface area contributed by atoms with E-state index in [1.54, 1.807) is 36.1 Å². The van der Waals surface area contributed by atoms with Gasteiger partial charge in [-0.05, 0) is 18.4 Å². The molecule has 1 aromatic heterocycles. The number of aromatic nitrogens is 2. The van der Waals surface area contributed by atoms with Crippen molar-refractivity contribution in [3.8, 4) is 0 Å². The molecule has 3 rings (SSSR count). The van der Waals surface area contributed by atoms with Crippen molar-refractivity contribution in [2.75, 3.05) is 13.7 Å². The molecule has 0 spiro atoms. The molecule has 6 nitrogen and oxygen atoms in total. The van der Waals surface area contributed by atoms with Gasteiger partial charge in [-0.3, -0.25) is 14.3 Å². The van der Waals surface area contributed by atoms with E-state index in [2.05, 4.69) is 5.10 Å². The van der Waals surface area contributed by atoms with Gasteiger partial charge >= 0.3 is 0 Å². The standard InChI is InChI=1S/C19H23N3O3/c1-21-13-15(12-20-21)17(23)11-16-9-6-10-22(16)19(24)18(25-2)14-7-4-3-5-8-14/h3-5,7-8,12-13,16,18H,6,9-11H2,1-2H3/t16-,18-/m1/s1. The summed E-state index contributed by atoms with van der Waals surface area (Å²) < 4.78 is 7.07. The summed E-state index contributed by atoms with van der Waals surface area (Å²) in [6.07, 6.45) is 4.72. The summed E-state index contributed by atoms with van der Waals surface area (Å²) in [5.74, 6) is -0.0540. The maximum absolute atomic E-state index is 13.0. The molecule has 0 N–H and O–H groups in total. The molecule has 1 saturated heterocycles. The Balaban J connectivity index is 1.72. The smallest absolute Gasteiger partial charge is 0.256 e. The average molecular weight is 341 g/mol. The van der Waals surface area contributed by atoms with E-state index < -0.39 is 6.10 Å². The highest BCUT2D eigenvalue weighted by molar-refractivity contribution is 5.96. The van der Waals surface area contributed by atoms with Crippen LogP contribution in [0.15, 0.2) is 42.7 Å². The lowest BCUT2D eigenvalue weighted by atomic mass is 10.0. The molecule has 0 radical (unpaired) electrons. The van der Waals surface area contributed by atoms with E-state index in [4.69, 9.17) is 4.74 Å². The first-order valence-corrected chi connectivity index (χ1v) is 8.50. The number of methoxy groups -OCH3 is 1. The quantitative estimate of drug-likeness (QED) is 0.757. The zero-order chi connectivity index (χ0) is 17.8. The lowest BCUT2D eigenvalue weighted by Gasteiger charge is -2.28. The number of ketones is 1. The van der Waals surface area contributed by atoms with Gasteiger partial charge in [-0.25, -0.2) is 0 Å². The minimum Gasteiger partial charge on any atom is -0.367 e. The van der Waals surface area contributed by atoms with Crippen LogP contribution in [0, 0.1) is 0 Å². The van der Waals surface area contributed by atoms with Crippen molar-refractivity contribution >= 4 is 11.7 Å². The van der Waals surface area contributed by atoms with Gasteiger partial charge in [0.05, 0.1) is 11.8 Å². The number of aryl methyl sites for hydroxylation is 1. The normalized spacial score (nSPS) is 18.3. The van der Waals surface area contributed by atoms with E-state index in [0.29, 0.717) is 18.5 Å². The van der Waals surface area contributed by atoms with Crippen LogP contribution in [-0.4, -0.2) is 46.1 Å². The third kappa shape index (κ3) is 3.79. The number of hydrogen-bond donors (Lipinski definition) is 0. The van der Waals surface area contributed by atoms with E-state index in [0.717, 1.165) is 18.4 Å². The highest BCUT2D eigenvalue weighted by Crippen LogP contribution is 2.27. The molecule has 25 heavy (non-hydrogen) atoms. The topological polar surface area (TPSA) is 64.4 Å². The number of hydrogen-bond acceptors (Lipinski definition) is 4. The Morgan fingerprint density at radius 1 is 1.32 bits per heavy atom. The molecule has 2 heterocycles. The van der Waals surface area contributed by atoms with Crippen LogP contribution < -0.4 is 0 Å². The van der Waals surface area contributed by atoms with Crippen molar-refractivity contribution in [2.24, 2.45) is 7.05 Å². The van der Waals surface area contributed by atoms with Crippen molar-refractivity contribution in [3.05, 3.63) is 53.9 Å². The number of likely N-dealkylation sites (tertiary alicyclic amines) is 1. The molecule has 2 aromatic rings. The first-order chi connectivity index (χ1) is 12.1. The van der Waals surface area contributed by atoms with Gasteiger partial charge in [0.15, 0.2) is 11.9 Å². The van der Waals surface area contributed by atoms with Crippen LogP contribution in [0.3, 0.4) is 0 Å². The van der Waals surface area contributed by atoms with E-state index in [1.807, 2.05) is 30.3 Å². The zero-order valence-corrected chi connectivity index (χ0v) is 14.6. The van der Waals surface area contributed by atoms with Crippen molar-refractivity contribution in [1.82, 2.24) is 14.7 Å². The predicted octanol–water partition coefficient (Wildman–Crippen LogP) is 2.37. The van der Waals surface area contributed by atoms with Crippen molar-refractivity contribution in [3.63, 3.8) is 0 Å². The van der Waals surface area contributed by atoms with Gasteiger partial charge in [-0.1, -0.05) is 30.3 Å². The molecule has 0 saturated carbocycles. The summed E-state index contributed by atoms with van der Waals surface area (Å²) in [4.78, 5) is 27.3. The van der Waals surface area contributed by atoms with Gasteiger partial charge in [0, 0.05) is 39.4 Å². The van der Waals surface area contributed by atoms with Crippen LogP contribution in [0.2, 0.25) is 0 Å². The lowest BCUT2D eigenvalue weighted by Crippen LogP contribution is -2.40. The number of carbonyl (C=O) groups excluding carboxylic acids is 2. The Kier molecular flexibility index (Phi) is 5.28. The van der Waals surface area contributed by atoms with Gasteiger partial charge < -0.3 is 9.64 Å². The highest BCUT2D eigenvalue weighted by Gasteiger charge is 2.35. The Morgan fingerprint density at radius 2 is 2.08 bits per heavy atom. The molecule has 1 amide bonds. The van der Waals surface area contributed by atoms with E-state index in [9.17, 15) is 9.59 Å². The molecule has 132 valence electrons. The van der Waals surface area contributed by atoms with E-state index in [1.165, 1.54) is 0 Å². The Morgan fingerprint density at radius 3 is 2.72 bits per heavy atom. The Hall–Kier alpha value is -2.47. The van der Waals surface area contributed by atoms with Crippen LogP contribution in [-0.2, 0) is 16.6 Å². The van der Waals surface area contributed by atoms with Crippen LogP contribution >= 0.6 is 0 Å². The van der Waals surface area contributed by atoms with E-state index in [-0.39, 0.29) is 17.7 Å². The van der Waals surface area contributed by atoms with Crippen molar-refractivity contribution < 1.29 is 14.3 Å². The molecule has 0 aliphatic carbocycles. The summed E-state index contributed by atoms with van der Waals surface area (Å²) >= 11 is 0. The minimum absolute atomic E-state index is 0.0199. The van der Waals surface area contributed by atoms with Gasteiger partial charge in [-0.15, -0.1) is 0 Å². The average Bonchev–Trinajstić information content (AvgIpc) is 3.25. The van der Waals surface area contributed by atoms with Gasteiger partial charge in [0.2, 0.25) is 0 Å².